The Labute approximate surface area is 167 Å². The van der Waals surface area contributed by atoms with Gasteiger partial charge in [-0.25, -0.2) is 14.1 Å². The molecule has 4 atom stereocenters. The molecule has 7 nitrogen and oxygen atoms in total. The number of aryl methyl sites for hydroxylation is 1. The van der Waals surface area contributed by atoms with Crippen molar-refractivity contribution >= 4 is 16.8 Å². The molecule has 0 bridgehead atoms. The van der Waals surface area contributed by atoms with E-state index in [0.717, 1.165) is 6.42 Å². The summed E-state index contributed by atoms with van der Waals surface area (Å²) in [6, 6.07) is 6.01. The summed E-state index contributed by atoms with van der Waals surface area (Å²) in [5.41, 5.74) is 1.73. The summed E-state index contributed by atoms with van der Waals surface area (Å²) in [5.74, 6) is 0.145. The lowest BCUT2D eigenvalue weighted by atomic mass is 9.77. The zero-order chi connectivity index (χ0) is 20.1. The third-order valence-corrected chi connectivity index (χ3v) is 6.30. The van der Waals surface area contributed by atoms with E-state index in [9.17, 15) is 14.3 Å². The van der Waals surface area contributed by atoms with Crippen molar-refractivity contribution in [3.8, 4) is 0 Å². The van der Waals surface area contributed by atoms with Crippen molar-refractivity contribution in [3.05, 3.63) is 54.0 Å². The van der Waals surface area contributed by atoms with Gasteiger partial charge in [0.1, 0.15) is 18.5 Å². The maximum atomic E-state index is 13.6. The number of carbonyl (C=O) groups is 1. The second-order valence-electron chi connectivity index (χ2n) is 8.18. The number of halogens is 1. The van der Waals surface area contributed by atoms with Crippen LogP contribution < -0.4 is 0 Å². The minimum absolute atomic E-state index is 0.0618. The van der Waals surface area contributed by atoms with Crippen molar-refractivity contribution < 1.29 is 14.3 Å². The molecule has 5 rings (SSSR count). The monoisotopic (exact) mass is 395 g/mol. The van der Waals surface area contributed by atoms with E-state index in [1.54, 1.807) is 23.1 Å². The minimum Gasteiger partial charge on any atom is -0.391 e. The van der Waals surface area contributed by atoms with Crippen LogP contribution in [0.5, 0.6) is 0 Å². The fraction of sp³-hybridized carbons (Fsp3) is 0.429. The average Bonchev–Trinajstić information content (AvgIpc) is 3.35. The molecule has 0 spiro atoms. The van der Waals surface area contributed by atoms with Crippen LogP contribution in [0.4, 0.5) is 4.39 Å². The van der Waals surface area contributed by atoms with Crippen LogP contribution in [0.15, 0.2) is 36.9 Å². The van der Waals surface area contributed by atoms with E-state index < -0.39 is 6.10 Å². The van der Waals surface area contributed by atoms with E-state index in [1.807, 2.05) is 11.8 Å². The number of fused-ring (bicyclic) bond motifs is 2. The largest absolute Gasteiger partial charge is 0.391 e. The lowest BCUT2D eigenvalue weighted by Crippen LogP contribution is -2.36. The summed E-state index contributed by atoms with van der Waals surface area (Å²) in [6.07, 6.45) is 4.01. The van der Waals surface area contributed by atoms with Gasteiger partial charge in [0.2, 0.25) is 0 Å². The second kappa shape index (κ2) is 6.88. The molecule has 1 N–H and O–H groups in total. The van der Waals surface area contributed by atoms with Crippen molar-refractivity contribution in [2.45, 2.75) is 31.9 Å². The highest BCUT2D eigenvalue weighted by Gasteiger charge is 2.44. The predicted molar refractivity (Wildman–Crippen MR) is 104 cm³/mol. The Balaban J connectivity index is 1.41. The number of rotatable bonds is 2. The van der Waals surface area contributed by atoms with Crippen molar-refractivity contribution in [1.29, 1.82) is 0 Å². The van der Waals surface area contributed by atoms with Crippen molar-refractivity contribution in [3.63, 3.8) is 0 Å². The molecular formula is C21H22FN5O2. The van der Waals surface area contributed by atoms with Crippen LogP contribution >= 0.6 is 0 Å². The van der Waals surface area contributed by atoms with Gasteiger partial charge in [-0.1, -0.05) is 0 Å². The average molecular weight is 395 g/mol. The molecule has 2 aliphatic rings. The number of likely N-dealkylation sites (tertiary alicyclic amines) is 1. The first-order valence-electron chi connectivity index (χ1n) is 9.88. The van der Waals surface area contributed by atoms with Crippen LogP contribution in [0.25, 0.3) is 10.9 Å². The highest BCUT2D eigenvalue weighted by molar-refractivity contribution is 6.06. The molecule has 0 radical (unpaired) electrons. The number of amides is 1. The zero-order valence-corrected chi connectivity index (χ0v) is 16.1. The maximum Gasteiger partial charge on any atom is 0.254 e. The summed E-state index contributed by atoms with van der Waals surface area (Å²) in [6.45, 7) is 3.07. The van der Waals surface area contributed by atoms with Gasteiger partial charge < -0.3 is 10.0 Å². The van der Waals surface area contributed by atoms with Crippen LogP contribution in [-0.4, -0.2) is 54.9 Å². The molecule has 1 aromatic carbocycles. The molecular weight excluding hydrogens is 373 g/mol. The van der Waals surface area contributed by atoms with Gasteiger partial charge in [-0.2, -0.15) is 5.10 Å². The summed E-state index contributed by atoms with van der Waals surface area (Å²) < 4.78 is 15.3. The first-order valence-corrected chi connectivity index (χ1v) is 9.88. The Kier molecular flexibility index (Phi) is 4.31. The van der Waals surface area contributed by atoms with Gasteiger partial charge in [-0.05, 0) is 49.8 Å². The number of aromatic nitrogens is 4. The SMILES string of the molecule is Cc1cc(C(=O)N2C[C@H]3C[C@@H](n4cncn4)[C@H](O)C[C@H]3C2)c2ccc(F)cc2n1. The Morgan fingerprint density at radius 2 is 2.00 bits per heavy atom. The molecule has 1 aliphatic carbocycles. The number of benzene rings is 1. The van der Waals surface area contributed by atoms with E-state index >= 15 is 0 Å². The van der Waals surface area contributed by atoms with Crippen molar-refractivity contribution in [2.24, 2.45) is 11.8 Å². The Bertz CT molecular complexity index is 1070. The van der Waals surface area contributed by atoms with Crippen molar-refractivity contribution in [2.75, 3.05) is 13.1 Å². The third-order valence-electron chi connectivity index (χ3n) is 6.30. The van der Waals surface area contributed by atoms with Gasteiger partial charge in [-0.15, -0.1) is 0 Å². The van der Waals surface area contributed by atoms with Gasteiger partial charge in [0.25, 0.3) is 5.91 Å². The van der Waals surface area contributed by atoms with Crippen LogP contribution in [0.3, 0.4) is 0 Å². The summed E-state index contributed by atoms with van der Waals surface area (Å²) in [7, 11) is 0. The number of aliphatic hydroxyl groups is 1. The summed E-state index contributed by atoms with van der Waals surface area (Å²) in [4.78, 5) is 23.6. The normalized spacial score (nSPS) is 26.7. The number of hydrogen-bond donors (Lipinski definition) is 1. The van der Waals surface area contributed by atoms with Gasteiger partial charge in [0.05, 0.1) is 23.2 Å². The molecule has 8 heteroatoms. The molecule has 150 valence electrons. The highest BCUT2D eigenvalue weighted by Crippen LogP contribution is 2.41. The summed E-state index contributed by atoms with van der Waals surface area (Å²) >= 11 is 0. The molecule has 1 saturated heterocycles. The molecule has 2 aromatic heterocycles. The molecule has 1 saturated carbocycles. The van der Waals surface area contributed by atoms with E-state index in [1.165, 1.54) is 18.5 Å². The Hall–Kier alpha value is -2.87. The second-order valence-corrected chi connectivity index (χ2v) is 8.18. The fourth-order valence-electron chi connectivity index (χ4n) is 4.93. The molecule has 3 aromatic rings. The van der Waals surface area contributed by atoms with Gasteiger partial charge in [0.15, 0.2) is 0 Å². The van der Waals surface area contributed by atoms with E-state index in [-0.39, 0.29) is 23.7 Å². The first-order chi connectivity index (χ1) is 14.0. The Morgan fingerprint density at radius 1 is 1.21 bits per heavy atom. The van der Waals surface area contributed by atoms with Gasteiger partial charge >= 0.3 is 0 Å². The highest BCUT2D eigenvalue weighted by atomic mass is 19.1. The molecule has 1 amide bonds. The number of carbonyl (C=O) groups excluding carboxylic acids is 1. The van der Waals surface area contributed by atoms with Crippen molar-refractivity contribution in [1.82, 2.24) is 24.6 Å². The van der Waals surface area contributed by atoms with Crippen LogP contribution in [0.1, 0.15) is 34.9 Å². The van der Waals surface area contributed by atoms with E-state index in [0.29, 0.717) is 47.6 Å². The van der Waals surface area contributed by atoms with Crippen LogP contribution in [0.2, 0.25) is 0 Å². The number of hydrogen-bond acceptors (Lipinski definition) is 5. The first kappa shape index (κ1) is 18.2. The summed E-state index contributed by atoms with van der Waals surface area (Å²) in [5, 5.41) is 15.4. The number of aliphatic hydroxyl groups excluding tert-OH is 1. The number of nitrogens with zero attached hydrogens (tertiary/aromatic N) is 5. The molecule has 29 heavy (non-hydrogen) atoms. The van der Waals surface area contributed by atoms with E-state index in [4.69, 9.17) is 0 Å². The van der Waals surface area contributed by atoms with Gasteiger partial charge in [-0.3, -0.25) is 9.78 Å². The molecule has 3 heterocycles. The zero-order valence-electron chi connectivity index (χ0n) is 16.1. The molecule has 1 aliphatic heterocycles. The fourth-order valence-corrected chi connectivity index (χ4v) is 4.93. The topological polar surface area (TPSA) is 84.1 Å². The lowest BCUT2D eigenvalue weighted by molar-refractivity contribution is 0.0304. The smallest absolute Gasteiger partial charge is 0.254 e. The minimum atomic E-state index is -0.500. The molecule has 2 fully saturated rings. The van der Waals surface area contributed by atoms with E-state index in [2.05, 4.69) is 15.1 Å². The van der Waals surface area contributed by atoms with Crippen LogP contribution in [-0.2, 0) is 0 Å². The standard InChI is InChI=1S/C21H22FN5O2/c1-12-4-17(16-3-2-15(22)7-18(16)25-12)21(29)26-8-13-5-19(27-11-23-10-24-27)20(28)6-14(13)9-26/h2-4,7,10-11,13-14,19-20,28H,5-6,8-9H2,1H3/t13-,14+,19-,20-/m1/s1. The third kappa shape index (κ3) is 3.17. The van der Waals surface area contributed by atoms with Gasteiger partial charge in [0, 0.05) is 30.2 Å². The predicted octanol–water partition coefficient (Wildman–Crippen LogP) is 2.36. The quantitative estimate of drug-likeness (QED) is 0.720. The Morgan fingerprint density at radius 3 is 2.76 bits per heavy atom. The lowest BCUT2D eigenvalue weighted by Gasteiger charge is -2.34. The maximum absolute atomic E-state index is 13.6. The number of pyridine rings is 1. The molecule has 0 unspecified atom stereocenters. The van der Waals surface area contributed by atoms with Crippen LogP contribution in [0, 0.1) is 24.6 Å².